The van der Waals surface area contributed by atoms with Crippen LogP contribution in [0.15, 0.2) is 0 Å². The van der Waals surface area contributed by atoms with E-state index in [0.717, 1.165) is 0 Å². The van der Waals surface area contributed by atoms with Gasteiger partial charge in [-0.2, -0.15) is 17.4 Å². The molecule has 0 saturated carbocycles. The molecular weight excluding hydrogens is 208 g/mol. The van der Waals surface area contributed by atoms with Crippen molar-refractivity contribution >= 4 is 10.2 Å². The molecule has 0 aromatic carbocycles. The van der Waals surface area contributed by atoms with E-state index in [1.807, 2.05) is 0 Å². The summed E-state index contributed by atoms with van der Waals surface area (Å²) in [4.78, 5) is 0. The van der Waals surface area contributed by atoms with Gasteiger partial charge < -0.3 is 9.84 Å². The zero-order chi connectivity index (χ0) is 10.6. The van der Waals surface area contributed by atoms with Crippen LogP contribution in [0.25, 0.3) is 0 Å². The van der Waals surface area contributed by atoms with Gasteiger partial charge in [-0.1, -0.05) is 0 Å². The molecule has 1 heterocycles. The maximum absolute atomic E-state index is 11.5. The molecule has 14 heavy (non-hydrogen) atoms. The summed E-state index contributed by atoms with van der Waals surface area (Å²) < 4.78 is 31.8. The number of aliphatic hydroxyl groups is 1. The molecule has 0 amide bonds. The Morgan fingerprint density at radius 1 is 1.50 bits per heavy atom. The van der Waals surface area contributed by atoms with Crippen LogP contribution < -0.4 is 4.72 Å². The Balaban J connectivity index is 2.46. The molecule has 1 atom stereocenters. The van der Waals surface area contributed by atoms with Gasteiger partial charge in [-0.25, -0.2) is 0 Å². The Bertz CT molecular complexity index is 259. The van der Waals surface area contributed by atoms with Crippen molar-refractivity contribution in [3.05, 3.63) is 0 Å². The van der Waals surface area contributed by atoms with E-state index in [1.54, 1.807) is 0 Å². The summed E-state index contributed by atoms with van der Waals surface area (Å²) in [6.07, 6.45) is -0.675. The Morgan fingerprint density at radius 3 is 2.57 bits per heavy atom. The highest BCUT2D eigenvalue weighted by Crippen LogP contribution is 2.02. The third-order valence-electron chi connectivity index (χ3n) is 1.87. The first-order chi connectivity index (χ1) is 6.52. The number of rotatable bonds is 4. The predicted molar refractivity (Wildman–Crippen MR) is 51.0 cm³/mol. The van der Waals surface area contributed by atoms with Gasteiger partial charge in [0.25, 0.3) is 10.2 Å². The van der Waals surface area contributed by atoms with Gasteiger partial charge in [-0.15, -0.1) is 0 Å². The molecule has 0 radical (unpaired) electrons. The van der Waals surface area contributed by atoms with Crippen LogP contribution in [0.1, 0.15) is 6.92 Å². The first-order valence-corrected chi connectivity index (χ1v) is 5.97. The molecule has 1 unspecified atom stereocenters. The van der Waals surface area contributed by atoms with E-state index >= 15 is 0 Å². The van der Waals surface area contributed by atoms with Gasteiger partial charge >= 0.3 is 0 Å². The highest BCUT2D eigenvalue weighted by molar-refractivity contribution is 7.87. The minimum atomic E-state index is -3.44. The van der Waals surface area contributed by atoms with E-state index in [4.69, 9.17) is 9.84 Å². The van der Waals surface area contributed by atoms with Crippen LogP contribution in [0.4, 0.5) is 0 Å². The highest BCUT2D eigenvalue weighted by Gasteiger charge is 2.23. The van der Waals surface area contributed by atoms with Crippen LogP contribution in [-0.2, 0) is 14.9 Å². The second-order valence-electron chi connectivity index (χ2n) is 3.21. The Hall–Kier alpha value is -0.210. The lowest BCUT2D eigenvalue weighted by Crippen LogP contribution is -2.47. The minimum absolute atomic E-state index is 0.0414. The van der Waals surface area contributed by atoms with Crippen LogP contribution in [0.3, 0.4) is 0 Å². The van der Waals surface area contributed by atoms with Crippen molar-refractivity contribution in [2.75, 3.05) is 32.8 Å². The molecule has 0 aliphatic carbocycles. The second kappa shape index (κ2) is 5.04. The van der Waals surface area contributed by atoms with Crippen LogP contribution in [0.2, 0.25) is 0 Å². The molecule has 0 spiro atoms. The first kappa shape index (κ1) is 11.9. The normalized spacial score (nSPS) is 22.1. The molecule has 84 valence electrons. The fourth-order valence-corrected chi connectivity index (χ4v) is 2.37. The number of nitrogens with zero attached hydrogens (tertiary/aromatic N) is 1. The topological polar surface area (TPSA) is 78.9 Å². The Labute approximate surface area is 84.0 Å². The van der Waals surface area contributed by atoms with E-state index in [-0.39, 0.29) is 6.54 Å². The van der Waals surface area contributed by atoms with E-state index in [2.05, 4.69) is 4.72 Å². The smallest absolute Gasteiger partial charge is 0.279 e. The third-order valence-corrected chi connectivity index (χ3v) is 3.45. The van der Waals surface area contributed by atoms with Crippen molar-refractivity contribution < 1.29 is 18.3 Å². The number of morpholine rings is 1. The molecule has 7 heteroatoms. The van der Waals surface area contributed by atoms with Gasteiger partial charge in [0.2, 0.25) is 0 Å². The van der Waals surface area contributed by atoms with Crippen molar-refractivity contribution in [2.24, 2.45) is 0 Å². The average molecular weight is 224 g/mol. The lowest BCUT2D eigenvalue weighted by Gasteiger charge is -2.26. The van der Waals surface area contributed by atoms with Gasteiger partial charge in [0.05, 0.1) is 19.3 Å². The maximum Gasteiger partial charge on any atom is 0.279 e. The molecule has 0 bridgehead atoms. The zero-order valence-electron chi connectivity index (χ0n) is 8.14. The van der Waals surface area contributed by atoms with Crippen molar-refractivity contribution in [1.82, 2.24) is 9.03 Å². The predicted octanol–water partition coefficient (Wildman–Crippen LogP) is -1.47. The lowest BCUT2D eigenvalue weighted by molar-refractivity contribution is 0.0722. The first-order valence-electron chi connectivity index (χ1n) is 4.53. The SMILES string of the molecule is CC(O)CNS(=O)(=O)N1CCOCC1. The van der Waals surface area contributed by atoms with Crippen molar-refractivity contribution in [2.45, 2.75) is 13.0 Å². The monoisotopic (exact) mass is 224 g/mol. The minimum Gasteiger partial charge on any atom is -0.392 e. The fraction of sp³-hybridized carbons (Fsp3) is 1.00. The number of nitrogens with one attached hydrogen (secondary N) is 1. The van der Waals surface area contributed by atoms with Crippen molar-refractivity contribution in [1.29, 1.82) is 0 Å². The molecule has 1 fully saturated rings. The summed E-state index contributed by atoms with van der Waals surface area (Å²) in [6.45, 7) is 3.16. The third kappa shape index (κ3) is 3.50. The van der Waals surface area contributed by atoms with Crippen LogP contribution in [0.5, 0.6) is 0 Å². The lowest BCUT2D eigenvalue weighted by atomic mass is 10.4. The van der Waals surface area contributed by atoms with Gasteiger partial charge in [-0.05, 0) is 6.92 Å². The van der Waals surface area contributed by atoms with Gasteiger partial charge in [0, 0.05) is 19.6 Å². The highest BCUT2D eigenvalue weighted by atomic mass is 32.2. The molecule has 1 saturated heterocycles. The van der Waals surface area contributed by atoms with Crippen molar-refractivity contribution in [3.63, 3.8) is 0 Å². The average Bonchev–Trinajstić information content (AvgIpc) is 2.16. The summed E-state index contributed by atoms with van der Waals surface area (Å²) in [5, 5.41) is 8.94. The van der Waals surface area contributed by atoms with E-state index in [9.17, 15) is 8.42 Å². The molecular formula is C7H16N2O4S. The fourth-order valence-electron chi connectivity index (χ4n) is 1.10. The van der Waals surface area contributed by atoms with Gasteiger partial charge in [-0.3, -0.25) is 0 Å². The Morgan fingerprint density at radius 2 is 2.07 bits per heavy atom. The number of ether oxygens (including phenoxy) is 1. The van der Waals surface area contributed by atoms with Crippen LogP contribution in [0, 0.1) is 0 Å². The number of hydrogen-bond acceptors (Lipinski definition) is 4. The number of aliphatic hydroxyl groups excluding tert-OH is 1. The maximum atomic E-state index is 11.5. The molecule has 0 aromatic rings. The Kier molecular flexibility index (Phi) is 4.27. The summed E-state index contributed by atoms with van der Waals surface area (Å²) in [5.74, 6) is 0. The molecule has 1 rings (SSSR count). The quantitative estimate of drug-likeness (QED) is 0.611. The summed E-state index contributed by atoms with van der Waals surface area (Å²) in [6, 6.07) is 0. The van der Waals surface area contributed by atoms with Gasteiger partial charge in [0.1, 0.15) is 0 Å². The largest absolute Gasteiger partial charge is 0.392 e. The van der Waals surface area contributed by atoms with Crippen LogP contribution in [-0.4, -0.2) is 56.8 Å². The summed E-state index contributed by atoms with van der Waals surface area (Å²) >= 11 is 0. The molecule has 2 N–H and O–H groups in total. The molecule has 6 nitrogen and oxygen atoms in total. The standard InChI is InChI=1S/C7H16N2O4S/c1-7(10)6-8-14(11,12)9-2-4-13-5-3-9/h7-8,10H,2-6H2,1H3. The summed E-state index contributed by atoms with van der Waals surface area (Å²) in [5.41, 5.74) is 0. The van der Waals surface area contributed by atoms with Gasteiger partial charge in [0.15, 0.2) is 0 Å². The van der Waals surface area contributed by atoms with Crippen LogP contribution >= 0.6 is 0 Å². The zero-order valence-corrected chi connectivity index (χ0v) is 8.96. The molecule has 0 aromatic heterocycles. The van der Waals surface area contributed by atoms with E-state index in [1.165, 1.54) is 11.2 Å². The number of hydrogen-bond donors (Lipinski definition) is 2. The molecule has 1 aliphatic rings. The van der Waals surface area contributed by atoms with Crippen molar-refractivity contribution in [3.8, 4) is 0 Å². The second-order valence-corrected chi connectivity index (χ2v) is 4.97. The summed E-state index contributed by atoms with van der Waals surface area (Å²) in [7, 11) is -3.44. The van der Waals surface area contributed by atoms with E-state index < -0.39 is 16.3 Å². The van der Waals surface area contributed by atoms with E-state index in [0.29, 0.717) is 26.3 Å². The molecule has 1 aliphatic heterocycles.